The molecule has 0 aliphatic heterocycles. The molecule has 1 aromatic heterocycles. The van der Waals surface area contributed by atoms with Crippen LogP contribution in [0.15, 0.2) is 18.3 Å². The van der Waals surface area contributed by atoms with Crippen LogP contribution in [0.3, 0.4) is 0 Å². The molecule has 60 valence electrons. The second-order valence-electron chi connectivity index (χ2n) is 3.34. The Morgan fingerprint density at radius 1 is 1.36 bits per heavy atom. The Labute approximate surface area is 68.7 Å². The van der Waals surface area contributed by atoms with Gasteiger partial charge in [0, 0.05) is 17.5 Å². The monoisotopic (exact) mass is 150 g/mol. The SMILES string of the molecule is Cc1ccc[n+](C)c1C(C)C. The minimum absolute atomic E-state index is 0.612. The third-order valence-corrected chi connectivity index (χ3v) is 1.99. The zero-order chi connectivity index (χ0) is 8.43. The van der Waals surface area contributed by atoms with Crippen molar-refractivity contribution in [1.29, 1.82) is 0 Å². The molecule has 1 rings (SSSR count). The lowest BCUT2D eigenvalue weighted by atomic mass is 10.0. The molecule has 0 N–H and O–H groups in total. The topological polar surface area (TPSA) is 3.88 Å². The van der Waals surface area contributed by atoms with Gasteiger partial charge in [-0.3, -0.25) is 0 Å². The second-order valence-corrected chi connectivity index (χ2v) is 3.34. The van der Waals surface area contributed by atoms with Crippen molar-refractivity contribution in [3.8, 4) is 0 Å². The van der Waals surface area contributed by atoms with E-state index >= 15 is 0 Å². The Morgan fingerprint density at radius 2 is 2.00 bits per heavy atom. The number of aromatic nitrogens is 1. The van der Waals surface area contributed by atoms with Gasteiger partial charge in [0.05, 0.1) is 0 Å². The van der Waals surface area contributed by atoms with Crippen LogP contribution in [0.4, 0.5) is 0 Å². The normalized spacial score (nSPS) is 10.6. The van der Waals surface area contributed by atoms with E-state index in [9.17, 15) is 0 Å². The average Bonchev–Trinajstić information content (AvgIpc) is 1.85. The Hall–Kier alpha value is -0.850. The van der Waals surface area contributed by atoms with Crippen molar-refractivity contribution in [1.82, 2.24) is 0 Å². The number of hydrogen-bond acceptors (Lipinski definition) is 0. The molecule has 0 aromatic carbocycles. The Balaban J connectivity index is 3.21. The second kappa shape index (κ2) is 3.04. The van der Waals surface area contributed by atoms with Gasteiger partial charge in [-0.2, -0.15) is 0 Å². The lowest BCUT2D eigenvalue weighted by Gasteiger charge is -2.05. The molecule has 0 saturated carbocycles. The summed E-state index contributed by atoms with van der Waals surface area (Å²) in [5, 5.41) is 0. The van der Waals surface area contributed by atoms with E-state index in [4.69, 9.17) is 0 Å². The highest BCUT2D eigenvalue weighted by atomic mass is 14.9. The maximum absolute atomic E-state index is 2.22. The van der Waals surface area contributed by atoms with Crippen molar-refractivity contribution in [2.24, 2.45) is 7.05 Å². The maximum Gasteiger partial charge on any atom is 0.186 e. The van der Waals surface area contributed by atoms with Crippen molar-refractivity contribution in [3.05, 3.63) is 29.6 Å². The summed E-state index contributed by atoms with van der Waals surface area (Å²) in [6, 6.07) is 4.25. The molecule has 0 amide bonds. The van der Waals surface area contributed by atoms with Crippen molar-refractivity contribution >= 4 is 0 Å². The van der Waals surface area contributed by atoms with Gasteiger partial charge in [-0.25, -0.2) is 4.57 Å². The van der Waals surface area contributed by atoms with Crippen LogP contribution in [-0.2, 0) is 7.05 Å². The standard InChI is InChI=1S/C10H16N/c1-8(2)10-9(3)6-5-7-11(10)4/h5-8H,1-4H3/q+1. The van der Waals surface area contributed by atoms with E-state index in [1.54, 1.807) is 0 Å². The van der Waals surface area contributed by atoms with Crippen LogP contribution in [-0.4, -0.2) is 0 Å². The van der Waals surface area contributed by atoms with Gasteiger partial charge in [0.25, 0.3) is 0 Å². The Bertz CT molecular complexity index is 231. The lowest BCUT2D eigenvalue weighted by Crippen LogP contribution is -2.34. The van der Waals surface area contributed by atoms with Crippen molar-refractivity contribution in [2.75, 3.05) is 0 Å². The summed E-state index contributed by atoms with van der Waals surface area (Å²) in [5.41, 5.74) is 2.80. The third kappa shape index (κ3) is 1.59. The van der Waals surface area contributed by atoms with E-state index in [2.05, 4.69) is 50.7 Å². The van der Waals surface area contributed by atoms with Gasteiger partial charge >= 0.3 is 0 Å². The smallest absolute Gasteiger partial charge is 0.186 e. The van der Waals surface area contributed by atoms with Gasteiger partial charge in [0.15, 0.2) is 11.9 Å². The number of pyridine rings is 1. The summed E-state index contributed by atoms with van der Waals surface area (Å²) in [7, 11) is 2.10. The fraction of sp³-hybridized carbons (Fsp3) is 0.500. The fourth-order valence-electron chi connectivity index (χ4n) is 1.62. The Morgan fingerprint density at radius 3 is 2.36 bits per heavy atom. The highest BCUT2D eigenvalue weighted by Gasteiger charge is 2.12. The fourth-order valence-corrected chi connectivity index (χ4v) is 1.62. The first-order valence-electron chi connectivity index (χ1n) is 4.08. The van der Waals surface area contributed by atoms with Gasteiger partial charge < -0.3 is 0 Å². The van der Waals surface area contributed by atoms with Crippen molar-refractivity contribution in [2.45, 2.75) is 26.7 Å². The molecule has 0 saturated heterocycles. The van der Waals surface area contributed by atoms with Crippen LogP contribution in [0.5, 0.6) is 0 Å². The summed E-state index contributed by atoms with van der Waals surface area (Å²) >= 11 is 0. The highest BCUT2D eigenvalue weighted by molar-refractivity contribution is 5.15. The van der Waals surface area contributed by atoms with Gasteiger partial charge in [-0.15, -0.1) is 0 Å². The van der Waals surface area contributed by atoms with Gasteiger partial charge in [-0.1, -0.05) is 13.8 Å². The molecule has 1 aromatic rings. The van der Waals surface area contributed by atoms with Crippen LogP contribution >= 0.6 is 0 Å². The largest absolute Gasteiger partial charge is 0.205 e. The molecular formula is C10H16N+. The summed E-state index contributed by atoms with van der Waals surface area (Å²) < 4.78 is 2.19. The zero-order valence-electron chi connectivity index (χ0n) is 7.76. The van der Waals surface area contributed by atoms with Gasteiger partial charge in [-0.05, 0) is 13.0 Å². The summed E-state index contributed by atoms with van der Waals surface area (Å²) in [6.07, 6.45) is 2.10. The molecule has 0 fully saturated rings. The molecule has 1 heterocycles. The third-order valence-electron chi connectivity index (χ3n) is 1.99. The molecule has 0 spiro atoms. The summed E-state index contributed by atoms with van der Waals surface area (Å²) in [4.78, 5) is 0. The van der Waals surface area contributed by atoms with Crippen molar-refractivity contribution < 1.29 is 4.57 Å². The molecule has 0 aliphatic rings. The summed E-state index contributed by atoms with van der Waals surface area (Å²) in [5.74, 6) is 0.612. The molecule has 0 aliphatic carbocycles. The number of aryl methyl sites for hydroxylation is 2. The van der Waals surface area contributed by atoms with Gasteiger partial charge in [0.1, 0.15) is 7.05 Å². The number of rotatable bonds is 1. The first kappa shape index (κ1) is 8.25. The molecule has 11 heavy (non-hydrogen) atoms. The van der Waals surface area contributed by atoms with Crippen LogP contribution in [0.1, 0.15) is 31.0 Å². The predicted molar refractivity (Wildman–Crippen MR) is 46.4 cm³/mol. The molecule has 0 unspecified atom stereocenters. The molecule has 1 nitrogen and oxygen atoms in total. The average molecular weight is 150 g/mol. The maximum atomic E-state index is 2.22. The van der Waals surface area contributed by atoms with Gasteiger partial charge in [0.2, 0.25) is 0 Å². The van der Waals surface area contributed by atoms with E-state index in [0.29, 0.717) is 5.92 Å². The zero-order valence-corrected chi connectivity index (χ0v) is 7.76. The van der Waals surface area contributed by atoms with Crippen LogP contribution in [0.2, 0.25) is 0 Å². The quantitative estimate of drug-likeness (QED) is 0.539. The molecular weight excluding hydrogens is 134 g/mol. The Kier molecular flexibility index (Phi) is 2.28. The first-order valence-corrected chi connectivity index (χ1v) is 4.08. The predicted octanol–water partition coefficient (Wildman–Crippen LogP) is 1.94. The number of nitrogens with zero attached hydrogens (tertiary/aromatic N) is 1. The van der Waals surface area contributed by atoms with E-state index < -0.39 is 0 Å². The number of hydrogen-bond donors (Lipinski definition) is 0. The molecule has 0 radical (unpaired) electrons. The van der Waals surface area contributed by atoms with Crippen LogP contribution in [0.25, 0.3) is 0 Å². The minimum Gasteiger partial charge on any atom is -0.205 e. The first-order chi connectivity index (χ1) is 5.13. The molecule has 0 atom stereocenters. The van der Waals surface area contributed by atoms with E-state index in [0.717, 1.165) is 0 Å². The highest BCUT2D eigenvalue weighted by Crippen LogP contribution is 2.12. The van der Waals surface area contributed by atoms with E-state index in [1.165, 1.54) is 11.3 Å². The minimum atomic E-state index is 0.612. The summed E-state index contributed by atoms with van der Waals surface area (Å²) in [6.45, 7) is 6.61. The van der Waals surface area contributed by atoms with Crippen LogP contribution in [0, 0.1) is 6.92 Å². The van der Waals surface area contributed by atoms with Crippen LogP contribution < -0.4 is 4.57 Å². The van der Waals surface area contributed by atoms with E-state index in [1.807, 2.05) is 0 Å². The van der Waals surface area contributed by atoms with E-state index in [-0.39, 0.29) is 0 Å². The molecule has 0 bridgehead atoms. The van der Waals surface area contributed by atoms with Crippen molar-refractivity contribution in [3.63, 3.8) is 0 Å². The lowest BCUT2D eigenvalue weighted by molar-refractivity contribution is -0.680. The molecule has 1 heteroatoms.